The van der Waals surface area contributed by atoms with Gasteiger partial charge in [-0.15, -0.1) is 0 Å². The number of hydrogen-bond acceptors (Lipinski definition) is 5. The van der Waals surface area contributed by atoms with Gasteiger partial charge in [-0.25, -0.2) is 4.79 Å². The molecule has 2 atom stereocenters. The highest BCUT2D eigenvalue weighted by Crippen LogP contribution is 2.16. The van der Waals surface area contributed by atoms with Crippen molar-refractivity contribution in [2.45, 2.75) is 38.3 Å². The first-order valence-electron chi connectivity index (χ1n) is 9.61. The molecule has 28 heavy (non-hydrogen) atoms. The highest BCUT2D eigenvalue weighted by molar-refractivity contribution is 5.89. The van der Waals surface area contributed by atoms with Crippen LogP contribution in [0.5, 0.6) is 0 Å². The van der Waals surface area contributed by atoms with Crippen LogP contribution in [0.4, 0.5) is 0 Å². The highest BCUT2D eigenvalue weighted by atomic mass is 16.7. The van der Waals surface area contributed by atoms with Crippen LogP contribution in [-0.2, 0) is 25.6 Å². The van der Waals surface area contributed by atoms with Gasteiger partial charge in [0.15, 0.2) is 6.29 Å². The first-order valence-corrected chi connectivity index (χ1v) is 9.61. The molecule has 0 aromatic heterocycles. The number of esters is 1. The van der Waals surface area contributed by atoms with Gasteiger partial charge < -0.3 is 18.9 Å². The molecule has 0 radical (unpaired) electrons. The molecule has 2 aromatic carbocycles. The monoisotopic (exact) mass is 382 g/mol. The van der Waals surface area contributed by atoms with Crippen LogP contribution in [0.3, 0.4) is 0 Å². The van der Waals surface area contributed by atoms with E-state index < -0.39 is 0 Å². The van der Waals surface area contributed by atoms with Crippen molar-refractivity contribution >= 4 is 5.97 Å². The molecule has 0 aliphatic carbocycles. The van der Waals surface area contributed by atoms with Crippen LogP contribution < -0.4 is 0 Å². The fraction of sp³-hybridized carbons (Fsp3) is 0.348. The van der Waals surface area contributed by atoms with Crippen LogP contribution in [0.15, 0.2) is 73.0 Å². The molecule has 5 nitrogen and oxygen atoms in total. The van der Waals surface area contributed by atoms with E-state index in [1.807, 2.05) is 54.6 Å². The summed E-state index contributed by atoms with van der Waals surface area (Å²) in [4.78, 5) is 11.9. The third-order valence-corrected chi connectivity index (χ3v) is 4.31. The number of ether oxygens (including phenoxy) is 4. The molecule has 0 spiro atoms. The second-order valence-corrected chi connectivity index (χ2v) is 6.58. The SMILES string of the molecule is O=C(OCCC[C@@H]1OC=CC[C@H](COCc2ccccc2)O1)c1ccccc1. The molecule has 0 saturated heterocycles. The van der Waals surface area contributed by atoms with Gasteiger partial charge >= 0.3 is 5.97 Å². The van der Waals surface area contributed by atoms with Gasteiger partial charge in [0, 0.05) is 6.42 Å². The second kappa shape index (κ2) is 11.3. The third-order valence-electron chi connectivity index (χ3n) is 4.31. The molecule has 1 aliphatic heterocycles. The van der Waals surface area contributed by atoms with E-state index in [1.165, 1.54) is 0 Å². The lowest BCUT2D eigenvalue weighted by molar-refractivity contribution is -0.154. The third kappa shape index (κ3) is 6.83. The van der Waals surface area contributed by atoms with Crippen molar-refractivity contribution in [3.8, 4) is 0 Å². The van der Waals surface area contributed by atoms with Crippen LogP contribution >= 0.6 is 0 Å². The fourth-order valence-corrected chi connectivity index (χ4v) is 2.85. The van der Waals surface area contributed by atoms with Crippen molar-refractivity contribution in [2.24, 2.45) is 0 Å². The topological polar surface area (TPSA) is 54.0 Å². The molecule has 1 heterocycles. The highest BCUT2D eigenvalue weighted by Gasteiger charge is 2.19. The van der Waals surface area contributed by atoms with Gasteiger partial charge in [0.1, 0.15) is 0 Å². The minimum Gasteiger partial charge on any atom is -0.473 e. The normalized spacial score (nSPS) is 18.9. The van der Waals surface area contributed by atoms with E-state index in [9.17, 15) is 4.79 Å². The van der Waals surface area contributed by atoms with E-state index in [1.54, 1.807) is 18.4 Å². The largest absolute Gasteiger partial charge is 0.473 e. The number of carbonyl (C=O) groups is 1. The Labute approximate surface area is 165 Å². The smallest absolute Gasteiger partial charge is 0.338 e. The molecule has 0 N–H and O–H groups in total. The molecule has 5 heteroatoms. The van der Waals surface area contributed by atoms with Gasteiger partial charge in [-0.1, -0.05) is 48.5 Å². The maximum atomic E-state index is 11.9. The zero-order valence-electron chi connectivity index (χ0n) is 15.9. The Morgan fingerprint density at radius 1 is 1.04 bits per heavy atom. The van der Waals surface area contributed by atoms with Crippen LogP contribution in [0, 0.1) is 0 Å². The Balaban J connectivity index is 1.34. The van der Waals surface area contributed by atoms with Gasteiger partial charge in [0.2, 0.25) is 0 Å². The van der Waals surface area contributed by atoms with E-state index in [4.69, 9.17) is 18.9 Å². The lowest BCUT2D eigenvalue weighted by atomic mass is 10.2. The Morgan fingerprint density at radius 2 is 1.79 bits per heavy atom. The van der Waals surface area contributed by atoms with E-state index in [-0.39, 0.29) is 18.4 Å². The van der Waals surface area contributed by atoms with E-state index >= 15 is 0 Å². The Morgan fingerprint density at radius 3 is 2.57 bits per heavy atom. The quantitative estimate of drug-likeness (QED) is 0.473. The van der Waals surface area contributed by atoms with Gasteiger partial charge in [0.05, 0.1) is 37.8 Å². The van der Waals surface area contributed by atoms with Crippen LogP contribution in [-0.4, -0.2) is 31.6 Å². The molecular weight excluding hydrogens is 356 g/mol. The fourth-order valence-electron chi connectivity index (χ4n) is 2.85. The summed E-state index contributed by atoms with van der Waals surface area (Å²) in [5.41, 5.74) is 1.70. The summed E-state index contributed by atoms with van der Waals surface area (Å²) in [7, 11) is 0. The predicted octanol–water partition coefficient (Wildman–Crippen LogP) is 4.49. The van der Waals surface area contributed by atoms with E-state index in [2.05, 4.69) is 0 Å². The van der Waals surface area contributed by atoms with Crippen molar-refractivity contribution in [3.63, 3.8) is 0 Å². The maximum absolute atomic E-state index is 11.9. The molecule has 1 aliphatic rings. The summed E-state index contributed by atoms with van der Waals surface area (Å²) in [6.07, 6.45) is 5.26. The van der Waals surface area contributed by atoms with Crippen LogP contribution in [0.2, 0.25) is 0 Å². The lowest BCUT2D eigenvalue weighted by Gasteiger charge is -2.21. The summed E-state index contributed by atoms with van der Waals surface area (Å²) < 4.78 is 22.7. The Hall–Kier alpha value is -2.63. The summed E-state index contributed by atoms with van der Waals surface area (Å²) in [6, 6.07) is 19.0. The van der Waals surface area contributed by atoms with Crippen LogP contribution in [0.25, 0.3) is 0 Å². The van der Waals surface area contributed by atoms with Crippen molar-refractivity contribution < 1.29 is 23.7 Å². The average Bonchev–Trinajstić information content (AvgIpc) is 2.98. The molecule has 0 unspecified atom stereocenters. The van der Waals surface area contributed by atoms with E-state index in [0.717, 1.165) is 12.0 Å². The number of benzene rings is 2. The van der Waals surface area contributed by atoms with Gasteiger partial charge in [-0.2, -0.15) is 0 Å². The Kier molecular flexibility index (Phi) is 8.09. The second-order valence-electron chi connectivity index (χ2n) is 6.58. The average molecular weight is 382 g/mol. The molecule has 0 saturated carbocycles. The summed E-state index contributed by atoms with van der Waals surface area (Å²) in [5, 5.41) is 0. The molecule has 2 aromatic rings. The van der Waals surface area contributed by atoms with E-state index in [0.29, 0.717) is 38.2 Å². The number of carbonyl (C=O) groups excluding carboxylic acids is 1. The van der Waals surface area contributed by atoms with Crippen molar-refractivity contribution in [3.05, 3.63) is 84.1 Å². The van der Waals surface area contributed by atoms with Crippen molar-refractivity contribution in [2.75, 3.05) is 13.2 Å². The molecule has 148 valence electrons. The molecular formula is C23H26O5. The van der Waals surface area contributed by atoms with Crippen molar-refractivity contribution in [1.82, 2.24) is 0 Å². The number of rotatable bonds is 9. The minimum absolute atomic E-state index is 0.0562. The van der Waals surface area contributed by atoms with Gasteiger partial charge in [-0.3, -0.25) is 0 Å². The minimum atomic E-state index is -0.362. The summed E-state index contributed by atoms with van der Waals surface area (Å²) >= 11 is 0. The zero-order valence-corrected chi connectivity index (χ0v) is 15.9. The summed E-state index contributed by atoms with van der Waals surface area (Å²) in [6.45, 7) is 1.39. The predicted molar refractivity (Wildman–Crippen MR) is 106 cm³/mol. The molecule has 3 rings (SSSR count). The van der Waals surface area contributed by atoms with Crippen molar-refractivity contribution in [1.29, 1.82) is 0 Å². The van der Waals surface area contributed by atoms with Crippen LogP contribution in [0.1, 0.15) is 35.2 Å². The zero-order chi connectivity index (χ0) is 19.4. The number of hydrogen-bond donors (Lipinski definition) is 0. The Bertz CT molecular complexity index is 729. The van der Waals surface area contributed by atoms with Gasteiger partial charge in [0.25, 0.3) is 0 Å². The van der Waals surface area contributed by atoms with Gasteiger partial charge in [-0.05, 0) is 36.6 Å². The standard InChI is InChI=1S/C23H26O5/c24-23(20-11-5-2-6-12-20)27-16-8-14-22-26-15-7-13-21(28-22)18-25-17-19-9-3-1-4-10-19/h1-7,9-12,15,21-22H,8,13-14,16-18H2/t21-,22-/m1/s1. The molecule has 0 bridgehead atoms. The lowest BCUT2D eigenvalue weighted by Crippen LogP contribution is -2.26. The first-order chi connectivity index (χ1) is 13.8. The molecule has 0 fully saturated rings. The first kappa shape index (κ1) is 20.1. The maximum Gasteiger partial charge on any atom is 0.338 e. The summed E-state index contributed by atoms with van der Waals surface area (Å²) in [5.74, 6) is -0.310. The molecule has 0 amide bonds.